The number of carboxylic acids is 1. The van der Waals surface area contributed by atoms with Gasteiger partial charge in [0.2, 0.25) is 0 Å². The molecule has 1 aromatic carbocycles. The molecule has 0 radical (unpaired) electrons. The van der Waals surface area contributed by atoms with Gasteiger partial charge in [0.1, 0.15) is 0 Å². The second-order valence-corrected chi connectivity index (χ2v) is 5.22. The molecule has 1 N–H and O–H groups in total. The Morgan fingerprint density at radius 1 is 1.50 bits per heavy atom. The average molecular weight is 336 g/mol. The van der Waals surface area contributed by atoms with E-state index in [9.17, 15) is 4.79 Å². The van der Waals surface area contributed by atoms with Gasteiger partial charge in [0.05, 0.1) is 5.56 Å². The van der Waals surface area contributed by atoms with Crippen LogP contribution in [0.4, 0.5) is 0 Å². The van der Waals surface area contributed by atoms with Crippen LogP contribution >= 0.6 is 46.6 Å². The van der Waals surface area contributed by atoms with E-state index in [4.69, 9.17) is 5.11 Å². The lowest BCUT2D eigenvalue weighted by Gasteiger charge is -1.98. The molecular formula is C9H5IO2S2. The molecule has 0 amide bonds. The number of thiol groups is 1. The van der Waals surface area contributed by atoms with Crippen molar-refractivity contribution in [3.05, 3.63) is 26.6 Å². The summed E-state index contributed by atoms with van der Waals surface area (Å²) >= 11 is 7.96. The van der Waals surface area contributed by atoms with Crippen molar-refractivity contribution < 1.29 is 9.90 Å². The van der Waals surface area contributed by atoms with Gasteiger partial charge in [-0.2, -0.15) is 0 Å². The van der Waals surface area contributed by atoms with E-state index in [1.165, 1.54) is 11.3 Å². The fourth-order valence-electron chi connectivity index (χ4n) is 1.23. The highest BCUT2D eigenvalue weighted by molar-refractivity contribution is 14.1. The van der Waals surface area contributed by atoms with Gasteiger partial charge in [-0.15, -0.1) is 24.0 Å². The van der Waals surface area contributed by atoms with E-state index in [-0.39, 0.29) is 0 Å². The fraction of sp³-hybridized carbons (Fsp3) is 0. The van der Waals surface area contributed by atoms with Crippen molar-refractivity contribution in [2.24, 2.45) is 0 Å². The summed E-state index contributed by atoms with van der Waals surface area (Å²) in [6, 6.07) is 3.71. The molecule has 0 fully saturated rings. The van der Waals surface area contributed by atoms with Gasteiger partial charge in [-0.3, -0.25) is 0 Å². The molecule has 1 aromatic heterocycles. The van der Waals surface area contributed by atoms with Crippen LogP contribution in [0.15, 0.2) is 22.4 Å². The Bertz CT molecular complexity index is 519. The lowest BCUT2D eigenvalue weighted by molar-refractivity contribution is 0.0699. The molecule has 0 bridgehead atoms. The van der Waals surface area contributed by atoms with Crippen molar-refractivity contribution in [2.45, 2.75) is 4.90 Å². The summed E-state index contributed by atoms with van der Waals surface area (Å²) in [6.07, 6.45) is 0. The number of carboxylic acid groups (broad SMARTS) is 1. The molecule has 14 heavy (non-hydrogen) atoms. The molecular weight excluding hydrogens is 331 g/mol. The smallest absolute Gasteiger partial charge is 0.337 e. The Kier molecular flexibility index (Phi) is 2.72. The molecule has 5 heteroatoms. The summed E-state index contributed by atoms with van der Waals surface area (Å²) < 4.78 is 1.98. The number of carbonyl (C=O) groups is 1. The number of hydrogen-bond donors (Lipinski definition) is 2. The summed E-state index contributed by atoms with van der Waals surface area (Å²) in [5, 5.41) is 11.3. The first-order valence-electron chi connectivity index (χ1n) is 3.73. The molecule has 2 rings (SSSR count). The maximum atomic E-state index is 10.9. The molecule has 0 saturated heterocycles. The van der Waals surface area contributed by atoms with E-state index in [0.29, 0.717) is 5.56 Å². The number of thiophene rings is 1. The lowest BCUT2D eigenvalue weighted by atomic mass is 10.2. The minimum atomic E-state index is -0.884. The van der Waals surface area contributed by atoms with Crippen LogP contribution in [0, 0.1) is 3.57 Å². The summed E-state index contributed by atoms with van der Waals surface area (Å²) in [7, 11) is 0. The van der Waals surface area contributed by atoms with Gasteiger partial charge in [-0.25, -0.2) is 4.79 Å². The number of benzene rings is 1. The highest BCUT2D eigenvalue weighted by atomic mass is 127. The van der Waals surface area contributed by atoms with Gasteiger partial charge < -0.3 is 5.11 Å². The average Bonchev–Trinajstić information content (AvgIpc) is 2.55. The number of fused-ring (bicyclic) bond motifs is 1. The fourth-order valence-corrected chi connectivity index (χ4v) is 3.20. The van der Waals surface area contributed by atoms with Gasteiger partial charge in [-0.1, -0.05) is 6.07 Å². The van der Waals surface area contributed by atoms with Crippen LogP contribution in [0.3, 0.4) is 0 Å². The Morgan fingerprint density at radius 2 is 2.21 bits per heavy atom. The molecule has 0 unspecified atom stereocenters. The molecule has 0 saturated carbocycles. The van der Waals surface area contributed by atoms with Gasteiger partial charge >= 0.3 is 5.97 Å². The Labute approximate surface area is 103 Å². The van der Waals surface area contributed by atoms with Gasteiger partial charge in [0.15, 0.2) is 0 Å². The molecule has 0 aliphatic carbocycles. The zero-order valence-electron chi connectivity index (χ0n) is 6.82. The van der Waals surface area contributed by atoms with Crippen LogP contribution in [0.5, 0.6) is 0 Å². The predicted octanol–water partition coefficient (Wildman–Crippen LogP) is 3.49. The number of halogens is 1. The number of hydrogen-bond acceptors (Lipinski definition) is 3. The SMILES string of the molecule is O=C(O)c1csc2c(S)c(I)ccc12. The summed E-state index contributed by atoms with van der Waals surface area (Å²) in [4.78, 5) is 11.7. The zero-order valence-corrected chi connectivity index (χ0v) is 10.7. The molecule has 2 nitrogen and oxygen atoms in total. The molecule has 72 valence electrons. The van der Waals surface area contributed by atoms with E-state index in [0.717, 1.165) is 18.6 Å². The Morgan fingerprint density at radius 3 is 2.86 bits per heavy atom. The summed E-state index contributed by atoms with van der Waals surface area (Å²) in [6.45, 7) is 0. The van der Waals surface area contributed by atoms with Crippen LogP contribution in [0.2, 0.25) is 0 Å². The first kappa shape index (κ1) is 10.3. The van der Waals surface area contributed by atoms with Crippen molar-refractivity contribution in [1.29, 1.82) is 0 Å². The minimum absolute atomic E-state index is 0.358. The second kappa shape index (κ2) is 3.71. The van der Waals surface area contributed by atoms with Crippen LogP contribution < -0.4 is 0 Å². The van der Waals surface area contributed by atoms with E-state index in [1.807, 2.05) is 12.1 Å². The molecule has 2 aromatic rings. The quantitative estimate of drug-likeness (QED) is 0.618. The van der Waals surface area contributed by atoms with Gasteiger partial charge in [0.25, 0.3) is 0 Å². The molecule has 0 spiro atoms. The van der Waals surface area contributed by atoms with E-state index in [2.05, 4.69) is 35.2 Å². The maximum Gasteiger partial charge on any atom is 0.337 e. The first-order valence-corrected chi connectivity index (χ1v) is 6.14. The predicted molar refractivity (Wildman–Crippen MR) is 68.8 cm³/mol. The van der Waals surface area contributed by atoms with Crippen LogP contribution in [0.25, 0.3) is 10.1 Å². The maximum absolute atomic E-state index is 10.9. The van der Waals surface area contributed by atoms with Crippen molar-refractivity contribution in [3.63, 3.8) is 0 Å². The Hall–Kier alpha value is -0.270. The number of aromatic carboxylic acids is 1. The molecule has 0 atom stereocenters. The molecule has 0 aliphatic rings. The van der Waals surface area contributed by atoms with E-state index in [1.54, 1.807) is 5.38 Å². The van der Waals surface area contributed by atoms with Crippen molar-refractivity contribution >= 4 is 62.6 Å². The molecule has 0 aliphatic heterocycles. The summed E-state index contributed by atoms with van der Waals surface area (Å²) in [5.41, 5.74) is 0.358. The van der Waals surface area contributed by atoms with Crippen molar-refractivity contribution in [3.8, 4) is 0 Å². The lowest BCUT2D eigenvalue weighted by Crippen LogP contribution is -1.93. The Balaban J connectivity index is 2.83. The van der Waals surface area contributed by atoms with Crippen LogP contribution in [-0.4, -0.2) is 11.1 Å². The van der Waals surface area contributed by atoms with Crippen LogP contribution in [-0.2, 0) is 0 Å². The molecule has 1 heterocycles. The number of rotatable bonds is 1. The zero-order chi connectivity index (χ0) is 10.3. The largest absolute Gasteiger partial charge is 0.478 e. The first-order chi connectivity index (χ1) is 6.61. The minimum Gasteiger partial charge on any atom is -0.478 e. The second-order valence-electron chi connectivity index (χ2n) is 2.73. The van der Waals surface area contributed by atoms with Crippen molar-refractivity contribution in [1.82, 2.24) is 0 Å². The topological polar surface area (TPSA) is 37.3 Å². The third kappa shape index (κ3) is 1.53. The van der Waals surface area contributed by atoms with Crippen LogP contribution in [0.1, 0.15) is 10.4 Å². The monoisotopic (exact) mass is 336 g/mol. The highest BCUT2D eigenvalue weighted by Gasteiger charge is 2.13. The normalized spacial score (nSPS) is 10.7. The third-order valence-electron chi connectivity index (χ3n) is 1.90. The standard InChI is InChI=1S/C9H5IO2S2/c10-6-2-1-4-5(9(11)12)3-14-8(4)7(6)13/h1-3,13H,(H,11,12). The van der Waals surface area contributed by atoms with E-state index >= 15 is 0 Å². The van der Waals surface area contributed by atoms with E-state index < -0.39 is 5.97 Å². The highest BCUT2D eigenvalue weighted by Crippen LogP contribution is 2.33. The van der Waals surface area contributed by atoms with Crippen molar-refractivity contribution in [2.75, 3.05) is 0 Å². The third-order valence-corrected chi connectivity index (χ3v) is 4.85. The van der Waals surface area contributed by atoms with Gasteiger partial charge in [-0.05, 0) is 28.7 Å². The van der Waals surface area contributed by atoms with Gasteiger partial charge in [0, 0.05) is 23.9 Å². The summed E-state index contributed by atoms with van der Waals surface area (Å²) in [5.74, 6) is -0.884.